The second kappa shape index (κ2) is 6.97. The maximum Gasteiger partial charge on any atom is 0.254 e. The van der Waals surface area contributed by atoms with Crippen LogP contribution in [0, 0.1) is 24.6 Å². The molecule has 1 amide bonds. The van der Waals surface area contributed by atoms with Crippen molar-refractivity contribution in [3.05, 3.63) is 35.1 Å². The third-order valence-electron chi connectivity index (χ3n) is 5.04. The molecule has 122 valence electrons. The Morgan fingerprint density at radius 2 is 1.91 bits per heavy atom. The number of hydrogen-bond donors (Lipinski definition) is 2. The van der Waals surface area contributed by atoms with E-state index >= 15 is 0 Å². The van der Waals surface area contributed by atoms with Crippen molar-refractivity contribution in [1.82, 2.24) is 5.32 Å². The molecule has 2 aliphatic rings. The van der Waals surface area contributed by atoms with Crippen LogP contribution in [0.15, 0.2) is 18.2 Å². The van der Waals surface area contributed by atoms with Crippen LogP contribution in [0.4, 0.5) is 4.39 Å². The van der Waals surface area contributed by atoms with Gasteiger partial charge < -0.3 is 11.1 Å². The fourth-order valence-corrected chi connectivity index (χ4v) is 4.07. The molecule has 3 nitrogen and oxygen atoms in total. The first-order chi connectivity index (χ1) is 10.0. The lowest BCUT2D eigenvalue weighted by molar-refractivity contribution is 0.0752. The topological polar surface area (TPSA) is 55.1 Å². The van der Waals surface area contributed by atoms with Gasteiger partial charge in [0.1, 0.15) is 5.82 Å². The zero-order valence-electron chi connectivity index (χ0n) is 12.8. The number of nitrogens with one attached hydrogen (secondary N) is 1. The predicted molar refractivity (Wildman–Crippen MR) is 87.7 cm³/mol. The lowest BCUT2D eigenvalue weighted by atomic mass is 9.67. The van der Waals surface area contributed by atoms with Crippen LogP contribution in [0.25, 0.3) is 0 Å². The first kappa shape index (κ1) is 17.2. The molecule has 0 spiro atoms. The molecule has 0 heterocycles. The summed E-state index contributed by atoms with van der Waals surface area (Å²) in [6.45, 7) is 1.87. The molecule has 22 heavy (non-hydrogen) atoms. The van der Waals surface area contributed by atoms with Gasteiger partial charge in [-0.25, -0.2) is 4.39 Å². The maximum absolute atomic E-state index is 13.8. The van der Waals surface area contributed by atoms with E-state index in [4.69, 9.17) is 5.73 Å². The number of benzene rings is 1. The zero-order chi connectivity index (χ0) is 15.0. The third kappa shape index (κ3) is 3.44. The lowest BCUT2D eigenvalue weighted by Gasteiger charge is -2.45. The van der Waals surface area contributed by atoms with Crippen LogP contribution >= 0.6 is 12.4 Å². The highest BCUT2D eigenvalue weighted by Crippen LogP contribution is 2.39. The van der Waals surface area contributed by atoms with Crippen LogP contribution in [0.3, 0.4) is 0 Å². The maximum atomic E-state index is 13.8. The van der Waals surface area contributed by atoms with E-state index in [1.165, 1.54) is 12.5 Å². The number of rotatable bonds is 2. The first-order valence-corrected chi connectivity index (χ1v) is 7.87. The van der Waals surface area contributed by atoms with Gasteiger partial charge in [0, 0.05) is 12.1 Å². The van der Waals surface area contributed by atoms with Crippen molar-refractivity contribution in [2.24, 2.45) is 17.6 Å². The molecule has 3 rings (SSSR count). The fraction of sp³-hybridized carbons (Fsp3) is 0.588. The molecule has 0 aromatic heterocycles. The van der Waals surface area contributed by atoms with E-state index in [-0.39, 0.29) is 36.0 Å². The second-order valence-corrected chi connectivity index (χ2v) is 6.67. The minimum Gasteiger partial charge on any atom is -0.349 e. The standard InChI is InChI=1S/C17H23FN2O.ClH/c1-10-5-6-15(18)14(7-10)17(21)20-16-11-3-2-4-12(16)9-13(19)8-11;/h5-7,11-13,16H,2-4,8-9,19H2,1H3,(H,20,21);1H. The van der Waals surface area contributed by atoms with E-state index in [0.717, 1.165) is 31.2 Å². The van der Waals surface area contributed by atoms with Gasteiger partial charge in [0.25, 0.3) is 5.91 Å². The number of nitrogens with two attached hydrogens (primary N) is 1. The van der Waals surface area contributed by atoms with Gasteiger partial charge in [-0.1, -0.05) is 18.1 Å². The Hall–Kier alpha value is -1.13. The van der Waals surface area contributed by atoms with Crippen LogP contribution < -0.4 is 11.1 Å². The Labute approximate surface area is 137 Å². The van der Waals surface area contributed by atoms with E-state index in [2.05, 4.69) is 5.32 Å². The van der Waals surface area contributed by atoms with Crippen LogP contribution in [0.1, 0.15) is 48.0 Å². The summed E-state index contributed by atoms with van der Waals surface area (Å²) in [7, 11) is 0. The van der Waals surface area contributed by atoms with Gasteiger partial charge in [0.2, 0.25) is 0 Å². The Bertz CT molecular complexity index is 537. The second-order valence-electron chi connectivity index (χ2n) is 6.67. The largest absolute Gasteiger partial charge is 0.349 e. The number of carbonyl (C=O) groups excluding carboxylic acids is 1. The summed E-state index contributed by atoms with van der Waals surface area (Å²) in [4.78, 5) is 12.4. The van der Waals surface area contributed by atoms with Gasteiger partial charge in [-0.3, -0.25) is 4.79 Å². The monoisotopic (exact) mass is 326 g/mol. The quantitative estimate of drug-likeness (QED) is 0.877. The van der Waals surface area contributed by atoms with Crippen molar-refractivity contribution < 1.29 is 9.18 Å². The molecule has 1 aromatic carbocycles. The molecule has 2 aliphatic carbocycles. The van der Waals surface area contributed by atoms with Gasteiger partial charge in [0.15, 0.2) is 0 Å². The molecule has 3 N–H and O–H groups in total. The average molecular weight is 327 g/mol. The van der Waals surface area contributed by atoms with Crippen molar-refractivity contribution in [3.8, 4) is 0 Å². The molecule has 1 aromatic rings. The normalized spacial score (nSPS) is 30.3. The first-order valence-electron chi connectivity index (χ1n) is 7.87. The molecule has 2 saturated carbocycles. The highest BCUT2D eigenvalue weighted by Gasteiger charge is 2.40. The van der Waals surface area contributed by atoms with Gasteiger partial charge >= 0.3 is 0 Å². The summed E-state index contributed by atoms with van der Waals surface area (Å²) in [6.07, 6.45) is 5.39. The molecule has 2 bridgehead atoms. The fourth-order valence-electron chi connectivity index (χ4n) is 4.07. The average Bonchev–Trinajstić information content (AvgIpc) is 2.42. The number of aryl methyl sites for hydroxylation is 1. The molecule has 0 radical (unpaired) electrons. The predicted octanol–water partition coefficient (Wildman–Crippen LogP) is 3.19. The summed E-state index contributed by atoms with van der Waals surface area (Å²) < 4.78 is 13.8. The van der Waals surface area contributed by atoms with Crippen LogP contribution in [0.2, 0.25) is 0 Å². The van der Waals surface area contributed by atoms with E-state index in [9.17, 15) is 9.18 Å². The smallest absolute Gasteiger partial charge is 0.254 e. The SMILES string of the molecule is Cc1ccc(F)c(C(=O)NC2C3CCCC2CC(N)C3)c1.Cl. The van der Waals surface area contributed by atoms with Crippen molar-refractivity contribution in [2.45, 2.75) is 51.1 Å². The Morgan fingerprint density at radius 1 is 1.27 bits per heavy atom. The number of carbonyl (C=O) groups is 1. The highest BCUT2D eigenvalue weighted by molar-refractivity contribution is 5.94. The van der Waals surface area contributed by atoms with E-state index in [0.29, 0.717) is 11.8 Å². The Kier molecular flexibility index (Phi) is 5.45. The van der Waals surface area contributed by atoms with E-state index < -0.39 is 5.82 Å². The lowest BCUT2D eigenvalue weighted by Crippen LogP contribution is -2.53. The molecule has 5 heteroatoms. The summed E-state index contributed by atoms with van der Waals surface area (Å²) >= 11 is 0. The number of fused-ring (bicyclic) bond motifs is 2. The summed E-state index contributed by atoms with van der Waals surface area (Å²) in [5.41, 5.74) is 7.15. The number of hydrogen-bond acceptors (Lipinski definition) is 2. The number of amides is 1. The van der Waals surface area contributed by atoms with Crippen molar-refractivity contribution >= 4 is 18.3 Å². The molecule has 2 unspecified atom stereocenters. The molecule has 2 fully saturated rings. The van der Waals surface area contributed by atoms with Gasteiger partial charge in [-0.15, -0.1) is 12.4 Å². The molecule has 2 atom stereocenters. The zero-order valence-corrected chi connectivity index (χ0v) is 13.7. The van der Waals surface area contributed by atoms with Gasteiger partial charge in [0.05, 0.1) is 5.56 Å². The minimum atomic E-state index is -0.448. The van der Waals surface area contributed by atoms with Crippen molar-refractivity contribution in [2.75, 3.05) is 0 Å². The van der Waals surface area contributed by atoms with E-state index in [1.807, 2.05) is 6.92 Å². The summed E-state index contributed by atoms with van der Waals surface area (Å²) in [6, 6.07) is 5.08. The minimum absolute atomic E-state index is 0. The van der Waals surface area contributed by atoms with E-state index in [1.54, 1.807) is 12.1 Å². The van der Waals surface area contributed by atoms with Crippen LogP contribution in [0.5, 0.6) is 0 Å². The summed E-state index contributed by atoms with van der Waals surface area (Å²) in [5.74, 6) is 0.165. The Morgan fingerprint density at radius 3 is 2.55 bits per heavy atom. The molecular formula is C17H24ClFN2O. The molecular weight excluding hydrogens is 303 g/mol. The van der Waals surface area contributed by atoms with Gasteiger partial charge in [-0.2, -0.15) is 0 Å². The van der Waals surface area contributed by atoms with Gasteiger partial charge in [-0.05, 0) is 56.6 Å². The Balaban J connectivity index is 0.00000176. The molecule has 0 aliphatic heterocycles. The van der Waals surface area contributed by atoms with Crippen LogP contribution in [-0.2, 0) is 0 Å². The molecule has 0 saturated heterocycles. The third-order valence-corrected chi connectivity index (χ3v) is 5.04. The highest BCUT2D eigenvalue weighted by atomic mass is 35.5. The number of halogens is 2. The van der Waals surface area contributed by atoms with Crippen LogP contribution in [-0.4, -0.2) is 18.0 Å². The van der Waals surface area contributed by atoms with Crippen molar-refractivity contribution in [3.63, 3.8) is 0 Å². The summed E-state index contributed by atoms with van der Waals surface area (Å²) in [5, 5.41) is 3.09. The van der Waals surface area contributed by atoms with Crippen molar-refractivity contribution in [1.29, 1.82) is 0 Å².